The zero-order valence-corrected chi connectivity index (χ0v) is 7.48. The summed E-state index contributed by atoms with van der Waals surface area (Å²) in [6.07, 6.45) is -2.51. The summed E-state index contributed by atoms with van der Waals surface area (Å²) in [7, 11) is 0. The Hall–Kier alpha value is -0.950. The molecule has 1 nitrogen and oxygen atoms in total. The molecule has 0 saturated heterocycles. The van der Waals surface area contributed by atoms with Crippen molar-refractivity contribution in [3.63, 3.8) is 0 Å². The van der Waals surface area contributed by atoms with Gasteiger partial charge >= 0.3 is 0 Å². The lowest BCUT2D eigenvalue weighted by atomic mass is 10.1. The lowest BCUT2D eigenvalue weighted by molar-refractivity contribution is 0.150. The molecular weight excluding hydrogens is 228 g/mol. The minimum absolute atomic E-state index is 0.0889. The molecule has 1 aromatic rings. The van der Waals surface area contributed by atoms with Crippen LogP contribution in [0.25, 0.3) is 0 Å². The van der Waals surface area contributed by atoms with Crippen LogP contribution in [-0.4, -0.2) is 0 Å². The summed E-state index contributed by atoms with van der Waals surface area (Å²) in [6.45, 7) is 0. The number of benzene rings is 1. The Morgan fingerprint density at radius 2 is 2.08 bits per heavy atom. The summed E-state index contributed by atoms with van der Waals surface area (Å²) in [5.74, 6) is 0. The third kappa shape index (κ3) is 1.80. The molecule has 0 heterocycles. The zero-order valence-electron chi connectivity index (χ0n) is 5.89. The largest absolute Gasteiger partial charge is 0.264 e. The number of hydrogen-bond acceptors (Lipinski definition) is 1. The van der Waals surface area contributed by atoms with Gasteiger partial charge in [-0.05, 0) is 12.1 Å². The fourth-order valence-electron chi connectivity index (χ4n) is 0.774. The molecular formula is C8H4BrF2N. The van der Waals surface area contributed by atoms with Gasteiger partial charge in [0.1, 0.15) is 0 Å². The van der Waals surface area contributed by atoms with Crippen LogP contribution in [0.1, 0.15) is 17.6 Å². The molecule has 0 saturated carbocycles. The first-order valence-electron chi connectivity index (χ1n) is 3.13. The Balaban J connectivity index is 3.14. The smallest absolute Gasteiger partial charge is 0.205 e. The monoisotopic (exact) mass is 231 g/mol. The van der Waals surface area contributed by atoms with E-state index >= 15 is 0 Å². The minimum Gasteiger partial charge on any atom is -0.205 e. The Kier molecular flexibility index (Phi) is 2.77. The van der Waals surface area contributed by atoms with Gasteiger partial charge in [-0.15, -0.1) is 0 Å². The summed E-state index contributed by atoms with van der Waals surface area (Å²) in [5.41, 5.74) is 0.278. The molecule has 12 heavy (non-hydrogen) atoms. The normalized spacial score (nSPS) is 9.92. The first-order valence-corrected chi connectivity index (χ1v) is 3.92. The van der Waals surface area contributed by atoms with Crippen LogP contribution in [0.2, 0.25) is 0 Å². The molecule has 62 valence electrons. The van der Waals surface area contributed by atoms with Crippen molar-refractivity contribution in [2.75, 3.05) is 0 Å². The molecule has 4 heteroatoms. The third-order valence-electron chi connectivity index (χ3n) is 1.36. The second kappa shape index (κ2) is 3.63. The van der Waals surface area contributed by atoms with Crippen molar-refractivity contribution in [1.29, 1.82) is 5.26 Å². The number of rotatable bonds is 1. The van der Waals surface area contributed by atoms with Gasteiger partial charge in [-0.3, -0.25) is 0 Å². The van der Waals surface area contributed by atoms with E-state index in [4.69, 9.17) is 5.26 Å². The Morgan fingerprint density at radius 1 is 1.42 bits per heavy atom. The molecule has 0 spiro atoms. The Bertz CT molecular complexity index is 330. The molecule has 0 amide bonds. The predicted molar refractivity (Wildman–Crippen MR) is 43.8 cm³/mol. The standard InChI is InChI=1S/C8H4BrF2N/c9-7-3-5(4-12)1-2-6(7)8(10)11/h1-3,8H. The summed E-state index contributed by atoms with van der Waals surface area (Å²) in [6, 6.07) is 5.85. The highest BCUT2D eigenvalue weighted by atomic mass is 79.9. The number of nitrogens with zero attached hydrogens (tertiary/aromatic N) is 1. The van der Waals surface area contributed by atoms with Crippen molar-refractivity contribution in [2.24, 2.45) is 0 Å². The van der Waals surface area contributed by atoms with E-state index in [0.29, 0.717) is 5.56 Å². The topological polar surface area (TPSA) is 23.8 Å². The van der Waals surface area contributed by atoms with Gasteiger partial charge in [0.05, 0.1) is 11.6 Å². The van der Waals surface area contributed by atoms with Crippen LogP contribution >= 0.6 is 15.9 Å². The van der Waals surface area contributed by atoms with E-state index in [2.05, 4.69) is 15.9 Å². The summed E-state index contributed by atoms with van der Waals surface area (Å²) in [5, 5.41) is 8.43. The highest BCUT2D eigenvalue weighted by Gasteiger charge is 2.10. The van der Waals surface area contributed by atoms with Crippen molar-refractivity contribution in [2.45, 2.75) is 6.43 Å². The molecule has 1 aromatic carbocycles. The van der Waals surface area contributed by atoms with Gasteiger partial charge in [0.2, 0.25) is 0 Å². The second-order valence-electron chi connectivity index (χ2n) is 2.15. The Morgan fingerprint density at radius 3 is 2.50 bits per heavy atom. The molecule has 0 aliphatic rings. The number of hydrogen-bond donors (Lipinski definition) is 0. The fraction of sp³-hybridized carbons (Fsp3) is 0.125. The van der Waals surface area contributed by atoms with E-state index in [-0.39, 0.29) is 10.0 Å². The molecule has 0 bridgehead atoms. The molecule has 0 N–H and O–H groups in total. The maximum absolute atomic E-state index is 12.2. The third-order valence-corrected chi connectivity index (χ3v) is 2.05. The van der Waals surface area contributed by atoms with Crippen molar-refractivity contribution in [1.82, 2.24) is 0 Å². The van der Waals surface area contributed by atoms with Crippen molar-refractivity contribution in [3.05, 3.63) is 33.8 Å². The average molecular weight is 232 g/mol. The van der Waals surface area contributed by atoms with Crippen molar-refractivity contribution in [3.8, 4) is 6.07 Å². The maximum Gasteiger partial charge on any atom is 0.264 e. The number of halogens is 3. The lowest BCUT2D eigenvalue weighted by Crippen LogP contribution is -1.86. The summed E-state index contributed by atoms with van der Waals surface area (Å²) < 4.78 is 24.6. The zero-order chi connectivity index (χ0) is 9.14. The van der Waals surface area contributed by atoms with Crippen LogP contribution in [0.3, 0.4) is 0 Å². The fourth-order valence-corrected chi connectivity index (χ4v) is 1.33. The predicted octanol–water partition coefficient (Wildman–Crippen LogP) is 3.26. The average Bonchev–Trinajstić information content (AvgIpc) is 2.03. The van der Waals surface area contributed by atoms with E-state index in [0.717, 1.165) is 0 Å². The van der Waals surface area contributed by atoms with Crippen LogP contribution in [0.15, 0.2) is 22.7 Å². The van der Waals surface area contributed by atoms with Crippen LogP contribution in [0, 0.1) is 11.3 Å². The molecule has 0 aliphatic carbocycles. The first-order chi connectivity index (χ1) is 5.65. The molecule has 0 atom stereocenters. The van der Waals surface area contributed by atoms with Crippen LogP contribution < -0.4 is 0 Å². The van der Waals surface area contributed by atoms with E-state index in [1.165, 1.54) is 18.2 Å². The first kappa shape index (κ1) is 9.14. The molecule has 0 fully saturated rings. The van der Waals surface area contributed by atoms with Gasteiger partial charge in [0, 0.05) is 10.0 Å². The van der Waals surface area contributed by atoms with E-state index in [1.54, 1.807) is 0 Å². The molecule has 0 radical (unpaired) electrons. The number of nitriles is 1. The van der Waals surface area contributed by atoms with Gasteiger partial charge in [-0.1, -0.05) is 22.0 Å². The highest BCUT2D eigenvalue weighted by Crippen LogP contribution is 2.27. The van der Waals surface area contributed by atoms with Crippen molar-refractivity contribution < 1.29 is 8.78 Å². The lowest BCUT2D eigenvalue weighted by Gasteiger charge is -2.01. The van der Waals surface area contributed by atoms with Gasteiger partial charge in [-0.2, -0.15) is 5.26 Å². The van der Waals surface area contributed by atoms with Gasteiger partial charge < -0.3 is 0 Å². The summed E-state index contributed by atoms with van der Waals surface area (Å²) in [4.78, 5) is 0. The van der Waals surface area contributed by atoms with E-state index in [9.17, 15) is 8.78 Å². The highest BCUT2D eigenvalue weighted by molar-refractivity contribution is 9.10. The van der Waals surface area contributed by atoms with Crippen LogP contribution in [0.5, 0.6) is 0 Å². The minimum atomic E-state index is -2.51. The second-order valence-corrected chi connectivity index (χ2v) is 3.00. The molecule has 0 aliphatic heterocycles. The van der Waals surface area contributed by atoms with Crippen LogP contribution in [-0.2, 0) is 0 Å². The Labute approximate surface area is 76.8 Å². The molecule has 0 aromatic heterocycles. The molecule has 1 rings (SSSR count). The SMILES string of the molecule is N#Cc1ccc(C(F)F)c(Br)c1. The maximum atomic E-state index is 12.2. The number of alkyl halides is 2. The van der Waals surface area contributed by atoms with Crippen LogP contribution in [0.4, 0.5) is 8.78 Å². The van der Waals surface area contributed by atoms with Crippen molar-refractivity contribution >= 4 is 15.9 Å². The molecule has 0 unspecified atom stereocenters. The van der Waals surface area contributed by atoms with Gasteiger partial charge in [-0.25, -0.2) is 8.78 Å². The van der Waals surface area contributed by atoms with E-state index < -0.39 is 6.43 Å². The summed E-state index contributed by atoms with van der Waals surface area (Å²) >= 11 is 2.96. The van der Waals surface area contributed by atoms with Gasteiger partial charge in [0.25, 0.3) is 6.43 Å². The quantitative estimate of drug-likeness (QED) is 0.728. The van der Waals surface area contributed by atoms with Gasteiger partial charge in [0.15, 0.2) is 0 Å². The van der Waals surface area contributed by atoms with E-state index in [1.807, 2.05) is 6.07 Å².